The molecule has 1 aliphatic heterocycles. The van der Waals surface area contributed by atoms with Gasteiger partial charge in [-0.25, -0.2) is 0 Å². The Bertz CT molecular complexity index is 361. The summed E-state index contributed by atoms with van der Waals surface area (Å²) in [5, 5.41) is 2.85. The lowest BCUT2D eigenvalue weighted by molar-refractivity contribution is -0.115. The van der Waals surface area contributed by atoms with Crippen LogP contribution >= 0.6 is 0 Å². The van der Waals surface area contributed by atoms with Gasteiger partial charge >= 0.3 is 0 Å². The van der Waals surface area contributed by atoms with E-state index in [4.69, 9.17) is 0 Å². The highest BCUT2D eigenvalue weighted by Crippen LogP contribution is 2.26. The van der Waals surface area contributed by atoms with Gasteiger partial charge in [0.2, 0.25) is 5.91 Å². The summed E-state index contributed by atoms with van der Waals surface area (Å²) in [6, 6.07) is 6.22. The molecule has 1 aromatic carbocycles. The van der Waals surface area contributed by atoms with Crippen molar-refractivity contribution < 1.29 is 6.22 Å². The Kier molecular flexibility index (Phi) is 3.89. The smallest absolute Gasteiger partial charge is 0.228 e. The summed E-state index contributed by atoms with van der Waals surface area (Å²) >= 11 is 0. The molecule has 0 spiro atoms. The van der Waals surface area contributed by atoms with Crippen molar-refractivity contribution in [1.82, 2.24) is 0 Å². The van der Waals surface area contributed by atoms with E-state index < -0.39 is 0 Å². The predicted octanol–water partition coefficient (Wildman–Crippen LogP) is 3.58. The van der Waals surface area contributed by atoms with Gasteiger partial charge in [0.15, 0.2) is 0 Å². The average molecular weight is 207 g/mol. The zero-order chi connectivity index (χ0) is 11.4. The van der Waals surface area contributed by atoms with Crippen LogP contribution in [0.25, 0.3) is 0 Å². The third-order valence-electron chi connectivity index (χ3n) is 2.43. The van der Waals surface area contributed by atoms with Crippen molar-refractivity contribution >= 4 is 11.6 Å². The summed E-state index contributed by atoms with van der Waals surface area (Å²) in [6.45, 7) is 8.30. The molecule has 1 aromatic rings. The van der Waals surface area contributed by atoms with E-state index in [1.807, 2.05) is 19.9 Å². The molecule has 1 amide bonds. The van der Waals surface area contributed by atoms with Crippen LogP contribution < -0.4 is 5.32 Å². The number of carbonyl (C=O) groups excluding carboxylic acids is 1. The lowest BCUT2D eigenvalue weighted by Crippen LogP contribution is -2.03. The van der Waals surface area contributed by atoms with Crippen molar-refractivity contribution in [3.05, 3.63) is 29.3 Å². The van der Waals surface area contributed by atoms with Crippen LogP contribution in [0.15, 0.2) is 18.2 Å². The molecule has 0 fully saturated rings. The lowest BCUT2D eigenvalue weighted by atomic mass is 10.0. The fourth-order valence-corrected chi connectivity index (χ4v) is 1.59. The SMILES string of the molecule is CC.CC(C)c1ccc2c(c1)NC(=O)C2.[HH]. The maximum atomic E-state index is 11.1. The van der Waals surface area contributed by atoms with E-state index in [1.54, 1.807) is 0 Å². The number of anilines is 1. The lowest BCUT2D eigenvalue weighted by Gasteiger charge is -2.06. The molecular formula is C13H21NO. The second kappa shape index (κ2) is 4.96. The van der Waals surface area contributed by atoms with Crippen LogP contribution in [0, 0.1) is 0 Å². The molecule has 0 saturated carbocycles. The van der Waals surface area contributed by atoms with E-state index in [1.165, 1.54) is 5.56 Å². The van der Waals surface area contributed by atoms with E-state index in [9.17, 15) is 4.79 Å². The van der Waals surface area contributed by atoms with Crippen molar-refractivity contribution in [3.63, 3.8) is 0 Å². The molecule has 0 unspecified atom stereocenters. The Morgan fingerprint density at radius 1 is 1.33 bits per heavy atom. The van der Waals surface area contributed by atoms with E-state index in [0.29, 0.717) is 12.3 Å². The monoisotopic (exact) mass is 207 g/mol. The van der Waals surface area contributed by atoms with Crippen molar-refractivity contribution in [1.29, 1.82) is 0 Å². The number of carbonyl (C=O) groups is 1. The molecule has 2 heteroatoms. The van der Waals surface area contributed by atoms with Gasteiger partial charge in [0.25, 0.3) is 0 Å². The van der Waals surface area contributed by atoms with E-state index >= 15 is 0 Å². The first-order valence-electron chi connectivity index (χ1n) is 5.59. The molecule has 84 valence electrons. The minimum atomic E-state index is 0. The molecule has 1 aliphatic rings. The van der Waals surface area contributed by atoms with Gasteiger partial charge in [-0.05, 0) is 23.1 Å². The van der Waals surface area contributed by atoms with Crippen LogP contribution in [-0.4, -0.2) is 5.91 Å². The molecule has 0 saturated heterocycles. The van der Waals surface area contributed by atoms with Gasteiger partial charge in [0, 0.05) is 7.11 Å². The molecule has 15 heavy (non-hydrogen) atoms. The van der Waals surface area contributed by atoms with Gasteiger partial charge in [0.05, 0.1) is 6.42 Å². The Balaban J connectivity index is 0.000000711. The molecule has 2 rings (SSSR count). The predicted molar refractivity (Wildman–Crippen MR) is 66.3 cm³/mol. The number of amides is 1. The summed E-state index contributed by atoms with van der Waals surface area (Å²) in [7, 11) is 0. The molecule has 0 bridgehead atoms. The van der Waals surface area contributed by atoms with Gasteiger partial charge in [-0.1, -0.05) is 39.8 Å². The first-order chi connectivity index (χ1) is 7.16. The standard InChI is InChI=1S/C11H13NO.C2H6.H2/c1-7(2)8-3-4-9-6-11(13)12-10(9)5-8;1-2;/h3-5,7H,6H2,1-2H3,(H,12,13);1-2H3;1H. The molecular weight excluding hydrogens is 186 g/mol. The average Bonchev–Trinajstić information content (AvgIpc) is 2.59. The molecule has 1 N–H and O–H groups in total. The van der Waals surface area contributed by atoms with Gasteiger partial charge in [-0.15, -0.1) is 0 Å². The number of benzene rings is 1. The Hall–Kier alpha value is -1.31. The van der Waals surface area contributed by atoms with Gasteiger partial charge < -0.3 is 5.32 Å². The second-order valence-electron chi connectivity index (χ2n) is 3.80. The van der Waals surface area contributed by atoms with Crippen LogP contribution in [0.5, 0.6) is 0 Å². The van der Waals surface area contributed by atoms with Crippen molar-refractivity contribution in [3.8, 4) is 0 Å². The Morgan fingerprint density at radius 2 is 2.00 bits per heavy atom. The van der Waals surface area contributed by atoms with Crippen LogP contribution in [0.1, 0.15) is 46.2 Å². The fraction of sp³-hybridized carbons (Fsp3) is 0.462. The van der Waals surface area contributed by atoms with Crippen LogP contribution in [0.3, 0.4) is 0 Å². The summed E-state index contributed by atoms with van der Waals surface area (Å²) in [5.74, 6) is 0.624. The molecule has 0 atom stereocenters. The maximum absolute atomic E-state index is 11.1. The Morgan fingerprint density at radius 3 is 2.60 bits per heavy atom. The molecule has 0 aliphatic carbocycles. The van der Waals surface area contributed by atoms with Crippen LogP contribution in [0.4, 0.5) is 5.69 Å². The van der Waals surface area contributed by atoms with E-state index in [-0.39, 0.29) is 7.33 Å². The van der Waals surface area contributed by atoms with E-state index in [2.05, 4.69) is 31.3 Å². The summed E-state index contributed by atoms with van der Waals surface area (Å²) in [4.78, 5) is 11.1. The highest BCUT2D eigenvalue weighted by Gasteiger charge is 2.17. The number of nitrogens with one attached hydrogen (secondary N) is 1. The molecule has 0 aromatic heterocycles. The summed E-state index contributed by atoms with van der Waals surface area (Å²) in [6.07, 6.45) is 0.535. The topological polar surface area (TPSA) is 29.1 Å². The van der Waals surface area contributed by atoms with E-state index in [0.717, 1.165) is 11.3 Å². The largest absolute Gasteiger partial charge is 0.326 e. The third kappa shape index (κ3) is 2.58. The number of fused-ring (bicyclic) bond motifs is 1. The highest BCUT2D eigenvalue weighted by molar-refractivity contribution is 5.99. The zero-order valence-corrected chi connectivity index (χ0v) is 9.92. The number of rotatable bonds is 1. The van der Waals surface area contributed by atoms with Crippen molar-refractivity contribution in [2.24, 2.45) is 0 Å². The number of hydrogen-bond donors (Lipinski definition) is 1. The maximum Gasteiger partial charge on any atom is 0.228 e. The van der Waals surface area contributed by atoms with Crippen molar-refractivity contribution in [2.45, 2.75) is 40.0 Å². The number of hydrogen-bond acceptors (Lipinski definition) is 1. The minimum absolute atomic E-state index is 0. The normalized spacial score (nSPS) is 13.0. The van der Waals surface area contributed by atoms with Crippen LogP contribution in [-0.2, 0) is 11.2 Å². The minimum Gasteiger partial charge on any atom is -0.326 e. The van der Waals surface area contributed by atoms with Gasteiger partial charge in [-0.2, -0.15) is 0 Å². The van der Waals surface area contributed by atoms with Gasteiger partial charge in [-0.3, -0.25) is 4.79 Å². The molecule has 1 heterocycles. The quantitative estimate of drug-likeness (QED) is 0.749. The molecule has 2 nitrogen and oxygen atoms in total. The van der Waals surface area contributed by atoms with Crippen LogP contribution in [0.2, 0.25) is 0 Å². The third-order valence-corrected chi connectivity index (χ3v) is 2.43. The first-order valence-corrected chi connectivity index (χ1v) is 5.59. The fourth-order valence-electron chi connectivity index (χ4n) is 1.59. The Labute approximate surface area is 93.2 Å². The van der Waals surface area contributed by atoms with Crippen molar-refractivity contribution in [2.75, 3.05) is 5.32 Å². The summed E-state index contributed by atoms with van der Waals surface area (Å²) in [5.41, 5.74) is 3.39. The van der Waals surface area contributed by atoms with Gasteiger partial charge in [0.1, 0.15) is 0 Å². The zero-order valence-electron chi connectivity index (χ0n) is 9.92. The summed E-state index contributed by atoms with van der Waals surface area (Å²) < 4.78 is 0. The first kappa shape index (κ1) is 11.8. The highest BCUT2D eigenvalue weighted by atomic mass is 16.1. The second-order valence-corrected chi connectivity index (χ2v) is 3.80. The molecule has 0 radical (unpaired) electrons.